The zero-order valence-electron chi connectivity index (χ0n) is 16.5. The number of carbonyl (C=O) groups excluding carboxylic acids is 1. The number of aromatic amines is 1. The van der Waals surface area contributed by atoms with Gasteiger partial charge in [0, 0.05) is 28.3 Å². The zero-order chi connectivity index (χ0) is 20.7. The molecule has 0 spiro atoms. The van der Waals surface area contributed by atoms with Crippen molar-refractivity contribution in [3.8, 4) is 0 Å². The molecule has 30 heavy (non-hydrogen) atoms. The predicted molar refractivity (Wildman–Crippen MR) is 121 cm³/mol. The number of carbonyl (C=O) groups is 1. The van der Waals surface area contributed by atoms with E-state index in [0.717, 1.165) is 34.7 Å². The molecule has 2 aromatic heterocycles. The lowest BCUT2D eigenvalue weighted by Crippen LogP contribution is -2.32. The van der Waals surface area contributed by atoms with E-state index in [9.17, 15) is 9.59 Å². The summed E-state index contributed by atoms with van der Waals surface area (Å²) in [5.41, 5.74) is 4.43. The number of hydrogen-bond acceptors (Lipinski definition) is 6. The Morgan fingerprint density at radius 1 is 1.17 bits per heavy atom. The lowest BCUT2D eigenvalue weighted by Gasteiger charge is -2.32. The van der Waals surface area contributed by atoms with Gasteiger partial charge in [0.2, 0.25) is 0 Å². The van der Waals surface area contributed by atoms with Crippen molar-refractivity contribution in [3.05, 3.63) is 85.0 Å². The van der Waals surface area contributed by atoms with Crippen molar-refractivity contribution in [1.82, 2.24) is 9.97 Å². The number of thioether (sulfide) groups is 1. The fourth-order valence-electron chi connectivity index (χ4n) is 4.08. The molecule has 152 valence electrons. The Morgan fingerprint density at radius 3 is 2.77 bits per heavy atom. The Kier molecular flexibility index (Phi) is 5.08. The first-order chi connectivity index (χ1) is 14.6. The molecule has 3 aromatic rings. The van der Waals surface area contributed by atoms with E-state index in [1.807, 2.05) is 17.5 Å². The van der Waals surface area contributed by atoms with Crippen molar-refractivity contribution in [2.45, 2.75) is 43.0 Å². The van der Waals surface area contributed by atoms with Gasteiger partial charge in [-0.3, -0.25) is 9.59 Å². The highest BCUT2D eigenvalue weighted by atomic mass is 32.2. The van der Waals surface area contributed by atoms with Crippen LogP contribution in [-0.2, 0) is 10.5 Å². The maximum absolute atomic E-state index is 13.1. The number of Topliss-reactive ketones (excluding diaryl/α,β-unsaturated/α-hetero) is 1. The van der Waals surface area contributed by atoms with Gasteiger partial charge in [0.15, 0.2) is 10.9 Å². The quantitative estimate of drug-likeness (QED) is 0.446. The summed E-state index contributed by atoms with van der Waals surface area (Å²) in [4.78, 5) is 34.6. The van der Waals surface area contributed by atoms with Crippen LogP contribution in [0.15, 0.2) is 63.0 Å². The van der Waals surface area contributed by atoms with Crippen LogP contribution < -0.4 is 10.9 Å². The van der Waals surface area contributed by atoms with Gasteiger partial charge in [0.1, 0.15) is 5.82 Å². The van der Waals surface area contributed by atoms with Gasteiger partial charge in [-0.05, 0) is 36.8 Å². The molecule has 0 bridgehead atoms. The highest BCUT2D eigenvalue weighted by Crippen LogP contribution is 2.44. The summed E-state index contributed by atoms with van der Waals surface area (Å²) in [5.74, 6) is 1.10. The molecule has 1 aliphatic carbocycles. The van der Waals surface area contributed by atoms with Crippen molar-refractivity contribution >= 4 is 34.7 Å². The van der Waals surface area contributed by atoms with E-state index in [0.29, 0.717) is 23.0 Å². The normalized spacial score (nSPS) is 18.0. The maximum Gasteiger partial charge on any atom is 0.257 e. The van der Waals surface area contributed by atoms with Gasteiger partial charge in [0.05, 0.1) is 11.5 Å². The molecular weight excluding hydrogens is 414 g/mol. The summed E-state index contributed by atoms with van der Waals surface area (Å²) in [6, 6.07) is 12.3. The minimum Gasteiger partial charge on any atom is -0.343 e. The highest BCUT2D eigenvalue weighted by molar-refractivity contribution is 7.98. The number of aromatic nitrogens is 2. The molecule has 0 saturated carbocycles. The first kappa shape index (κ1) is 19.3. The van der Waals surface area contributed by atoms with Gasteiger partial charge in [0.25, 0.3) is 5.56 Å². The molecule has 1 unspecified atom stereocenters. The van der Waals surface area contributed by atoms with Crippen LogP contribution in [0.5, 0.6) is 0 Å². The Hall–Kier alpha value is -2.64. The molecule has 5 nitrogen and oxygen atoms in total. The second kappa shape index (κ2) is 7.89. The predicted octanol–water partition coefficient (Wildman–Crippen LogP) is 5.00. The Bertz CT molecular complexity index is 1190. The first-order valence-electron chi connectivity index (χ1n) is 9.99. The number of thiophene rings is 1. The third-order valence-electron chi connectivity index (χ3n) is 5.56. The number of H-pyrrole nitrogens is 1. The van der Waals surface area contributed by atoms with E-state index in [1.54, 1.807) is 11.3 Å². The lowest BCUT2D eigenvalue weighted by molar-refractivity contribution is -0.116. The van der Waals surface area contributed by atoms with Crippen LogP contribution >= 0.6 is 23.1 Å². The van der Waals surface area contributed by atoms with E-state index < -0.39 is 0 Å². The number of fused-ring (bicyclic) bond motifs is 1. The summed E-state index contributed by atoms with van der Waals surface area (Å²) in [6.07, 6.45) is 2.17. The second-order valence-corrected chi connectivity index (χ2v) is 9.59. The fraction of sp³-hybridized carbons (Fsp3) is 0.261. The summed E-state index contributed by atoms with van der Waals surface area (Å²) >= 11 is 3.08. The van der Waals surface area contributed by atoms with Crippen LogP contribution in [-0.4, -0.2) is 15.8 Å². The monoisotopic (exact) mass is 435 g/mol. The van der Waals surface area contributed by atoms with Gasteiger partial charge in [-0.2, -0.15) is 0 Å². The number of allylic oxidation sites excluding steroid dienone is 2. The van der Waals surface area contributed by atoms with Crippen molar-refractivity contribution in [1.29, 1.82) is 0 Å². The molecule has 0 fully saturated rings. The van der Waals surface area contributed by atoms with Gasteiger partial charge >= 0.3 is 0 Å². The van der Waals surface area contributed by atoms with Gasteiger partial charge in [-0.15, -0.1) is 11.3 Å². The van der Waals surface area contributed by atoms with Crippen LogP contribution in [0.4, 0.5) is 5.82 Å². The van der Waals surface area contributed by atoms with Crippen molar-refractivity contribution in [2.75, 3.05) is 5.32 Å². The zero-order valence-corrected chi connectivity index (χ0v) is 18.2. The summed E-state index contributed by atoms with van der Waals surface area (Å²) in [6.45, 7) is 2.06. The Balaban J connectivity index is 1.53. The SMILES string of the molecule is Cc1ccc(CSc2nc3c(c(=O)[nH]2)C(c2cccs2)C2=C(CCCC2=O)N3)cc1. The molecule has 0 saturated heterocycles. The molecule has 5 rings (SSSR count). The number of nitrogens with zero attached hydrogens (tertiary/aromatic N) is 1. The topological polar surface area (TPSA) is 74.8 Å². The third kappa shape index (κ3) is 3.52. The highest BCUT2D eigenvalue weighted by Gasteiger charge is 2.38. The number of nitrogens with one attached hydrogen (secondary N) is 2. The number of ketones is 1. The number of aryl methyl sites for hydroxylation is 1. The number of hydrogen-bond donors (Lipinski definition) is 2. The average Bonchev–Trinajstić information content (AvgIpc) is 3.27. The molecule has 0 amide bonds. The molecule has 7 heteroatoms. The molecule has 1 atom stereocenters. The molecular formula is C23H21N3O2S2. The number of benzene rings is 1. The van der Waals surface area contributed by atoms with E-state index in [1.165, 1.54) is 22.9 Å². The number of rotatable bonds is 4. The van der Waals surface area contributed by atoms with Crippen LogP contribution in [0.1, 0.15) is 46.7 Å². The van der Waals surface area contributed by atoms with Crippen molar-refractivity contribution < 1.29 is 4.79 Å². The lowest BCUT2D eigenvalue weighted by atomic mass is 9.79. The van der Waals surface area contributed by atoms with Crippen LogP contribution in [0.25, 0.3) is 0 Å². The van der Waals surface area contributed by atoms with Crippen molar-refractivity contribution in [2.24, 2.45) is 0 Å². The fourth-order valence-corrected chi connectivity index (χ4v) is 5.74. The number of anilines is 1. The summed E-state index contributed by atoms with van der Waals surface area (Å²) < 4.78 is 0. The second-order valence-electron chi connectivity index (χ2n) is 7.65. The van der Waals surface area contributed by atoms with Gasteiger partial charge in [-0.1, -0.05) is 47.7 Å². The standard InChI is InChI=1S/C23H21N3O2S2/c1-13-7-9-14(10-8-13)12-30-23-25-21-20(22(28)26-23)19(17-6-3-11-29-17)18-15(24-21)4-2-5-16(18)27/h3,6-11,19H,2,4-5,12H2,1H3,(H2,24,25,26,28). The molecule has 0 radical (unpaired) electrons. The Labute approximate surface area is 182 Å². The van der Waals surface area contributed by atoms with E-state index >= 15 is 0 Å². The van der Waals surface area contributed by atoms with E-state index in [-0.39, 0.29) is 17.3 Å². The minimum atomic E-state index is -0.337. The molecule has 1 aromatic carbocycles. The van der Waals surface area contributed by atoms with E-state index in [4.69, 9.17) is 4.98 Å². The van der Waals surface area contributed by atoms with Crippen LogP contribution in [0.3, 0.4) is 0 Å². The third-order valence-corrected chi connectivity index (χ3v) is 7.44. The molecule has 1 aliphatic heterocycles. The first-order valence-corrected chi connectivity index (χ1v) is 11.9. The average molecular weight is 436 g/mol. The van der Waals surface area contributed by atoms with Crippen molar-refractivity contribution in [3.63, 3.8) is 0 Å². The largest absolute Gasteiger partial charge is 0.343 e. The summed E-state index contributed by atoms with van der Waals surface area (Å²) in [5, 5.41) is 5.90. The Morgan fingerprint density at radius 2 is 2.00 bits per heavy atom. The van der Waals surface area contributed by atoms with E-state index in [2.05, 4.69) is 41.5 Å². The smallest absolute Gasteiger partial charge is 0.257 e. The maximum atomic E-state index is 13.1. The van der Waals surface area contributed by atoms with Crippen LogP contribution in [0, 0.1) is 6.92 Å². The van der Waals surface area contributed by atoms with Gasteiger partial charge < -0.3 is 10.3 Å². The van der Waals surface area contributed by atoms with Gasteiger partial charge in [-0.25, -0.2) is 4.98 Å². The molecule has 3 heterocycles. The minimum absolute atomic E-state index is 0.130. The van der Waals surface area contributed by atoms with Crippen LogP contribution in [0.2, 0.25) is 0 Å². The summed E-state index contributed by atoms with van der Waals surface area (Å²) in [7, 11) is 0. The molecule has 2 N–H and O–H groups in total. The molecule has 2 aliphatic rings.